The number of nitrogens with one attached hydrogen (secondary N) is 2. The first-order chi connectivity index (χ1) is 13.0. The Kier molecular flexibility index (Phi) is 5.70. The fourth-order valence-corrected chi connectivity index (χ4v) is 2.68. The number of carbonyl (C=O) groups excluding carboxylic acids is 1. The zero-order chi connectivity index (χ0) is 19.4. The molecule has 140 valence electrons. The minimum Gasteiger partial charge on any atom is -0.485 e. The second kappa shape index (κ2) is 8.17. The number of aromatic nitrogens is 2. The normalized spacial score (nSPS) is 10.6. The quantitative estimate of drug-likeness (QED) is 0.619. The van der Waals surface area contributed by atoms with Crippen molar-refractivity contribution in [3.63, 3.8) is 0 Å². The maximum atomic E-state index is 14.3. The highest BCUT2D eigenvalue weighted by Gasteiger charge is 2.15. The first kappa shape index (κ1) is 18.8. The monoisotopic (exact) mass is 435 g/mol. The van der Waals surface area contributed by atoms with Crippen LogP contribution in [0.25, 0.3) is 0 Å². The van der Waals surface area contributed by atoms with Crippen LogP contribution >= 0.6 is 15.9 Å². The third kappa shape index (κ3) is 4.43. The zero-order valence-corrected chi connectivity index (χ0v) is 15.8. The van der Waals surface area contributed by atoms with Gasteiger partial charge in [-0.05, 0) is 30.7 Å². The summed E-state index contributed by atoms with van der Waals surface area (Å²) in [7, 11) is 0. The number of amides is 1. The van der Waals surface area contributed by atoms with Crippen molar-refractivity contribution in [3.8, 4) is 5.75 Å². The van der Waals surface area contributed by atoms with Gasteiger partial charge in [-0.15, -0.1) is 0 Å². The molecule has 9 heteroatoms. The number of H-pyrrole nitrogens is 1. The largest absolute Gasteiger partial charge is 0.485 e. The maximum absolute atomic E-state index is 14.3. The number of para-hydroxylation sites is 1. The number of hydrogen-bond acceptors (Lipinski definition) is 5. The Hall–Kier alpha value is -2.94. The summed E-state index contributed by atoms with van der Waals surface area (Å²) in [5, 5.41) is 6.17. The van der Waals surface area contributed by atoms with Crippen LogP contribution in [0.2, 0.25) is 0 Å². The SMILES string of the molecule is Cc1c(Br)ccc(CNC(=O)c2ccccc2OCc2noc(=O)[nH]2)c1F. The molecule has 0 atom stereocenters. The van der Waals surface area contributed by atoms with Gasteiger partial charge in [0.2, 0.25) is 0 Å². The van der Waals surface area contributed by atoms with E-state index in [9.17, 15) is 14.0 Å². The lowest BCUT2D eigenvalue weighted by atomic mass is 10.1. The summed E-state index contributed by atoms with van der Waals surface area (Å²) in [6.07, 6.45) is 0. The molecule has 3 rings (SSSR count). The highest BCUT2D eigenvalue weighted by Crippen LogP contribution is 2.22. The van der Waals surface area contributed by atoms with Gasteiger partial charge in [0.25, 0.3) is 5.91 Å². The Morgan fingerprint density at radius 1 is 1.33 bits per heavy atom. The van der Waals surface area contributed by atoms with E-state index in [4.69, 9.17) is 4.74 Å². The maximum Gasteiger partial charge on any atom is 0.439 e. The number of halogens is 2. The summed E-state index contributed by atoms with van der Waals surface area (Å²) in [6.45, 7) is 1.61. The third-order valence-corrected chi connectivity index (χ3v) is 4.68. The molecule has 0 bridgehead atoms. The molecule has 7 nitrogen and oxygen atoms in total. The summed E-state index contributed by atoms with van der Waals surface area (Å²) in [6, 6.07) is 9.92. The Morgan fingerprint density at radius 3 is 2.85 bits per heavy atom. The average Bonchev–Trinajstić information content (AvgIpc) is 3.09. The van der Waals surface area contributed by atoms with E-state index in [0.29, 0.717) is 21.3 Å². The molecule has 0 aliphatic rings. The molecule has 2 aromatic carbocycles. The molecule has 1 amide bonds. The number of aromatic amines is 1. The van der Waals surface area contributed by atoms with E-state index in [1.165, 1.54) is 0 Å². The second-order valence-electron chi connectivity index (χ2n) is 5.65. The lowest BCUT2D eigenvalue weighted by molar-refractivity contribution is 0.0946. The van der Waals surface area contributed by atoms with Crippen molar-refractivity contribution in [1.82, 2.24) is 15.5 Å². The van der Waals surface area contributed by atoms with Crippen molar-refractivity contribution in [2.45, 2.75) is 20.1 Å². The third-order valence-electron chi connectivity index (χ3n) is 3.82. The molecule has 3 aromatic rings. The number of ether oxygens (including phenoxy) is 1. The van der Waals surface area contributed by atoms with Gasteiger partial charge in [-0.3, -0.25) is 14.3 Å². The zero-order valence-electron chi connectivity index (χ0n) is 14.2. The molecule has 0 aliphatic carbocycles. The van der Waals surface area contributed by atoms with Gasteiger partial charge < -0.3 is 10.1 Å². The van der Waals surface area contributed by atoms with Gasteiger partial charge in [-0.25, -0.2) is 9.18 Å². The molecule has 0 saturated heterocycles. The molecular formula is C18H15BrFN3O4. The minimum atomic E-state index is -0.688. The Labute approximate surface area is 161 Å². The van der Waals surface area contributed by atoms with Gasteiger partial charge in [-0.1, -0.05) is 39.3 Å². The van der Waals surface area contributed by atoms with Gasteiger partial charge >= 0.3 is 5.76 Å². The number of carbonyl (C=O) groups is 1. The van der Waals surface area contributed by atoms with Crippen molar-refractivity contribution in [3.05, 3.63) is 79.8 Å². The van der Waals surface area contributed by atoms with Crippen LogP contribution in [-0.2, 0) is 13.2 Å². The molecule has 0 saturated carbocycles. The van der Waals surface area contributed by atoms with Crippen molar-refractivity contribution in [1.29, 1.82) is 0 Å². The Morgan fingerprint density at radius 2 is 2.11 bits per heavy atom. The highest BCUT2D eigenvalue weighted by atomic mass is 79.9. The molecule has 2 N–H and O–H groups in total. The molecular weight excluding hydrogens is 421 g/mol. The van der Waals surface area contributed by atoms with E-state index < -0.39 is 11.7 Å². The summed E-state index contributed by atoms with van der Waals surface area (Å²) < 4.78 is 24.8. The lowest BCUT2D eigenvalue weighted by Crippen LogP contribution is -2.24. The van der Waals surface area contributed by atoms with Crippen molar-refractivity contribution >= 4 is 21.8 Å². The van der Waals surface area contributed by atoms with Crippen LogP contribution in [0.4, 0.5) is 4.39 Å². The smallest absolute Gasteiger partial charge is 0.439 e. The summed E-state index contributed by atoms with van der Waals surface area (Å²) in [4.78, 5) is 25.8. The van der Waals surface area contributed by atoms with Crippen LogP contribution in [0.1, 0.15) is 27.3 Å². The van der Waals surface area contributed by atoms with E-state index in [0.717, 1.165) is 0 Å². The van der Waals surface area contributed by atoms with Crippen molar-refractivity contribution in [2.24, 2.45) is 0 Å². The number of hydrogen-bond donors (Lipinski definition) is 2. The average molecular weight is 436 g/mol. The molecule has 0 unspecified atom stereocenters. The first-order valence-electron chi connectivity index (χ1n) is 7.94. The van der Waals surface area contributed by atoms with Gasteiger partial charge in [0, 0.05) is 16.6 Å². The fourth-order valence-electron chi connectivity index (χ4n) is 2.37. The topological polar surface area (TPSA) is 97.2 Å². The predicted octanol–water partition coefficient (Wildman–Crippen LogP) is 3.08. The molecule has 0 fully saturated rings. The molecule has 0 aliphatic heterocycles. The van der Waals surface area contributed by atoms with Crippen LogP contribution in [0.3, 0.4) is 0 Å². The Balaban J connectivity index is 1.70. The predicted molar refractivity (Wildman–Crippen MR) is 97.9 cm³/mol. The molecule has 1 aromatic heterocycles. The molecule has 27 heavy (non-hydrogen) atoms. The van der Waals surface area contributed by atoms with Crippen LogP contribution in [-0.4, -0.2) is 16.0 Å². The van der Waals surface area contributed by atoms with E-state index >= 15 is 0 Å². The number of rotatable bonds is 6. The van der Waals surface area contributed by atoms with Gasteiger partial charge in [0.15, 0.2) is 5.82 Å². The van der Waals surface area contributed by atoms with Gasteiger partial charge in [0.05, 0.1) is 5.56 Å². The first-order valence-corrected chi connectivity index (χ1v) is 8.73. The van der Waals surface area contributed by atoms with E-state index in [2.05, 4.69) is 35.9 Å². The highest BCUT2D eigenvalue weighted by molar-refractivity contribution is 9.10. The summed E-state index contributed by atoms with van der Waals surface area (Å²) >= 11 is 3.27. The molecule has 0 radical (unpaired) electrons. The van der Waals surface area contributed by atoms with Crippen LogP contribution < -0.4 is 15.8 Å². The standard InChI is InChI=1S/C18H15BrFN3O4/c1-10-13(19)7-6-11(16(10)20)8-21-17(24)12-4-2-3-5-14(12)26-9-15-22-18(25)27-23-15/h2-7H,8-9H2,1H3,(H,21,24)(H,22,23,25). The Bertz CT molecular complexity index is 1030. The fraction of sp³-hybridized carbons (Fsp3) is 0.167. The van der Waals surface area contributed by atoms with Crippen LogP contribution in [0.5, 0.6) is 5.75 Å². The number of nitrogens with zero attached hydrogens (tertiary/aromatic N) is 1. The van der Waals surface area contributed by atoms with Gasteiger partial charge in [-0.2, -0.15) is 0 Å². The molecule has 0 spiro atoms. The van der Waals surface area contributed by atoms with E-state index in [-0.39, 0.29) is 30.4 Å². The number of benzene rings is 2. The summed E-state index contributed by atoms with van der Waals surface area (Å²) in [5.74, 6) is -0.983. The lowest BCUT2D eigenvalue weighted by Gasteiger charge is -2.12. The van der Waals surface area contributed by atoms with Crippen molar-refractivity contribution in [2.75, 3.05) is 0 Å². The van der Waals surface area contributed by atoms with Gasteiger partial charge in [0.1, 0.15) is 18.2 Å². The van der Waals surface area contributed by atoms with E-state index in [1.807, 2.05) is 0 Å². The molecule has 1 heterocycles. The van der Waals surface area contributed by atoms with Crippen LogP contribution in [0, 0.1) is 12.7 Å². The van der Waals surface area contributed by atoms with Crippen LogP contribution in [0.15, 0.2) is 50.2 Å². The van der Waals surface area contributed by atoms with Crippen molar-refractivity contribution < 1.29 is 18.4 Å². The minimum absolute atomic E-state index is 0.0315. The second-order valence-corrected chi connectivity index (χ2v) is 6.51. The van der Waals surface area contributed by atoms with E-state index in [1.54, 1.807) is 43.3 Å². The summed E-state index contributed by atoms with van der Waals surface area (Å²) in [5.41, 5.74) is 1.13.